The molecule has 0 N–H and O–H groups in total. The zero-order valence-corrected chi connectivity index (χ0v) is 15.7. The van der Waals surface area contributed by atoms with Crippen LogP contribution >= 0.6 is 0 Å². The third-order valence-corrected chi connectivity index (χ3v) is 6.80. The number of hydrogen-bond acceptors (Lipinski definition) is 5. The molecule has 2 aromatic carbocycles. The van der Waals surface area contributed by atoms with E-state index in [1.807, 2.05) is 19.1 Å². The van der Waals surface area contributed by atoms with Crippen LogP contribution in [0.15, 0.2) is 53.4 Å². The number of carboxylic acid groups (broad SMARTS) is 1. The number of Topliss-reactive ketones (excluding diaryl/α,β-unsaturated/α-hetero) is 1. The lowest BCUT2D eigenvalue weighted by molar-refractivity contribution is -0.255. The van der Waals surface area contributed by atoms with Gasteiger partial charge in [-0.15, -0.1) is 0 Å². The van der Waals surface area contributed by atoms with E-state index in [4.69, 9.17) is 0 Å². The number of aryl methyl sites for hydroxylation is 1. The lowest BCUT2D eigenvalue weighted by Crippen LogP contribution is -2.40. The average Bonchev–Trinajstić information content (AvgIpc) is 2.68. The third-order valence-electron chi connectivity index (χ3n) is 4.89. The van der Waals surface area contributed by atoms with Crippen LogP contribution in [0.1, 0.15) is 39.1 Å². The van der Waals surface area contributed by atoms with E-state index in [2.05, 4.69) is 0 Å². The number of carboxylic acids is 1. The first kappa shape index (κ1) is 19.3. The number of nitrogens with zero attached hydrogens (tertiary/aromatic N) is 1. The number of ketones is 1. The van der Waals surface area contributed by atoms with E-state index in [0.29, 0.717) is 18.4 Å². The largest absolute Gasteiger partial charge is 0.545 e. The van der Waals surface area contributed by atoms with Crippen LogP contribution in [0.5, 0.6) is 0 Å². The van der Waals surface area contributed by atoms with Gasteiger partial charge in [0.05, 0.1) is 10.9 Å². The molecule has 6 nitrogen and oxygen atoms in total. The SMILES string of the molecule is Cc1ccc(C(=O)C2CCN(S(=O)(=O)c3ccc(C(=O)[O-])cc3)CC2)cc1. The number of carbonyl (C=O) groups is 2. The van der Waals surface area contributed by atoms with Gasteiger partial charge < -0.3 is 9.90 Å². The zero-order chi connectivity index (χ0) is 19.6. The first-order chi connectivity index (χ1) is 12.8. The number of benzene rings is 2. The maximum atomic E-state index is 12.7. The predicted molar refractivity (Wildman–Crippen MR) is 97.8 cm³/mol. The molecular weight excluding hydrogens is 366 g/mol. The molecule has 1 fully saturated rings. The van der Waals surface area contributed by atoms with Crippen LogP contribution in [0.4, 0.5) is 0 Å². The summed E-state index contributed by atoms with van der Waals surface area (Å²) in [5.74, 6) is -1.50. The molecule has 0 unspecified atom stereocenters. The Morgan fingerprint density at radius 3 is 1.96 bits per heavy atom. The van der Waals surface area contributed by atoms with Gasteiger partial charge in [0.1, 0.15) is 0 Å². The molecule has 0 bridgehead atoms. The van der Waals surface area contributed by atoms with Gasteiger partial charge in [0, 0.05) is 24.6 Å². The molecule has 0 spiro atoms. The molecule has 0 radical (unpaired) electrons. The number of hydrogen-bond donors (Lipinski definition) is 0. The number of carbonyl (C=O) groups excluding carboxylic acids is 2. The van der Waals surface area contributed by atoms with E-state index in [1.165, 1.54) is 28.6 Å². The van der Waals surface area contributed by atoms with Gasteiger partial charge in [-0.05, 0) is 37.5 Å². The molecule has 0 saturated carbocycles. The molecule has 1 heterocycles. The van der Waals surface area contributed by atoms with Crippen molar-refractivity contribution >= 4 is 21.8 Å². The van der Waals surface area contributed by atoms with Gasteiger partial charge in [0.25, 0.3) is 0 Å². The highest BCUT2D eigenvalue weighted by molar-refractivity contribution is 7.89. The molecular formula is C20H20NO5S-. The maximum Gasteiger partial charge on any atom is 0.243 e. The van der Waals surface area contributed by atoms with Gasteiger partial charge in [0.15, 0.2) is 5.78 Å². The summed E-state index contributed by atoms with van der Waals surface area (Å²) in [7, 11) is -3.72. The van der Waals surface area contributed by atoms with Crippen LogP contribution in [0.25, 0.3) is 0 Å². The zero-order valence-electron chi connectivity index (χ0n) is 14.9. The van der Waals surface area contributed by atoms with E-state index >= 15 is 0 Å². The Balaban J connectivity index is 1.68. The topological polar surface area (TPSA) is 94.6 Å². The molecule has 142 valence electrons. The highest BCUT2D eigenvalue weighted by atomic mass is 32.2. The first-order valence-corrected chi connectivity index (χ1v) is 10.2. The minimum atomic E-state index is -3.72. The van der Waals surface area contributed by atoms with Crippen LogP contribution in [0.3, 0.4) is 0 Å². The van der Waals surface area contributed by atoms with Crippen LogP contribution < -0.4 is 5.11 Å². The van der Waals surface area contributed by atoms with Crippen molar-refractivity contribution in [2.75, 3.05) is 13.1 Å². The maximum absolute atomic E-state index is 12.7. The highest BCUT2D eigenvalue weighted by Crippen LogP contribution is 2.26. The van der Waals surface area contributed by atoms with Crippen molar-refractivity contribution in [3.8, 4) is 0 Å². The van der Waals surface area contributed by atoms with Crippen molar-refractivity contribution in [2.45, 2.75) is 24.7 Å². The number of aromatic carboxylic acids is 1. The fourth-order valence-corrected chi connectivity index (χ4v) is 4.69. The van der Waals surface area contributed by atoms with Gasteiger partial charge in [0.2, 0.25) is 10.0 Å². The Bertz CT molecular complexity index is 941. The number of rotatable bonds is 5. The normalized spacial score (nSPS) is 16.2. The van der Waals surface area contributed by atoms with E-state index in [9.17, 15) is 23.1 Å². The van der Waals surface area contributed by atoms with Crippen molar-refractivity contribution in [3.05, 3.63) is 65.2 Å². The minimum Gasteiger partial charge on any atom is -0.545 e. The summed E-state index contributed by atoms with van der Waals surface area (Å²) in [5.41, 5.74) is 1.66. The summed E-state index contributed by atoms with van der Waals surface area (Å²) in [4.78, 5) is 23.4. The fourth-order valence-electron chi connectivity index (χ4n) is 3.22. The van der Waals surface area contributed by atoms with E-state index < -0.39 is 16.0 Å². The van der Waals surface area contributed by atoms with Gasteiger partial charge in [-0.1, -0.05) is 42.0 Å². The predicted octanol–water partition coefficient (Wildman–Crippen LogP) is 1.64. The second kappa shape index (κ2) is 7.62. The Labute approximate surface area is 158 Å². The van der Waals surface area contributed by atoms with Crippen LogP contribution in [0, 0.1) is 12.8 Å². The molecule has 2 aromatic rings. The summed E-state index contributed by atoms with van der Waals surface area (Å²) in [6.07, 6.45) is 0.923. The quantitative estimate of drug-likeness (QED) is 0.728. The second-order valence-corrected chi connectivity index (χ2v) is 8.66. The summed E-state index contributed by atoms with van der Waals surface area (Å²) in [6, 6.07) is 12.4. The monoisotopic (exact) mass is 386 g/mol. The van der Waals surface area contributed by atoms with Crippen LogP contribution in [-0.2, 0) is 10.0 Å². The summed E-state index contributed by atoms with van der Waals surface area (Å²) in [5, 5.41) is 10.8. The summed E-state index contributed by atoms with van der Waals surface area (Å²) < 4.78 is 26.8. The first-order valence-electron chi connectivity index (χ1n) is 8.71. The Morgan fingerprint density at radius 2 is 1.44 bits per heavy atom. The number of piperidine rings is 1. The molecule has 3 rings (SSSR count). The smallest absolute Gasteiger partial charge is 0.243 e. The fraction of sp³-hybridized carbons (Fsp3) is 0.300. The van der Waals surface area contributed by atoms with Crippen molar-refractivity contribution in [1.82, 2.24) is 4.31 Å². The molecule has 0 atom stereocenters. The van der Waals surface area contributed by atoms with Crippen molar-refractivity contribution in [2.24, 2.45) is 5.92 Å². The standard InChI is InChI=1S/C20H21NO5S/c1-14-2-4-15(5-3-14)19(22)16-10-12-21(13-11-16)27(25,26)18-8-6-17(7-9-18)20(23)24/h2-9,16H,10-13H2,1H3,(H,23,24)/p-1. The Kier molecular flexibility index (Phi) is 5.43. The minimum absolute atomic E-state index is 0.0378. The van der Waals surface area contributed by atoms with Crippen molar-refractivity contribution < 1.29 is 23.1 Å². The lowest BCUT2D eigenvalue weighted by Gasteiger charge is -2.30. The van der Waals surface area contributed by atoms with Crippen LogP contribution in [0.2, 0.25) is 0 Å². The molecule has 0 amide bonds. The van der Waals surface area contributed by atoms with Crippen molar-refractivity contribution in [3.63, 3.8) is 0 Å². The summed E-state index contributed by atoms with van der Waals surface area (Å²) >= 11 is 0. The van der Waals surface area contributed by atoms with Gasteiger partial charge in [-0.25, -0.2) is 8.42 Å². The van der Waals surface area contributed by atoms with Crippen LogP contribution in [-0.4, -0.2) is 37.6 Å². The molecule has 1 aliphatic heterocycles. The second-order valence-electron chi connectivity index (χ2n) is 6.72. The summed E-state index contributed by atoms with van der Waals surface area (Å²) in [6.45, 7) is 2.47. The third kappa shape index (κ3) is 4.09. The van der Waals surface area contributed by atoms with Gasteiger partial charge >= 0.3 is 0 Å². The van der Waals surface area contributed by atoms with E-state index in [1.54, 1.807) is 12.1 Å². The number of sulfonamides is 1. The molecule has 0 aliphatic carbocycles. The Morgan fingerprint density at radius 1 is 0.926 bits per heavy atom. The Hall–Kier alpha value is -2.51. The van der Waals surface area contributed by atoms with E-state index in [0.717, 1.165) is 5.56 Å². The molecule has 0 aromatic heterocycles. The van der Waals surface area contributed by atoms with Gasteiger partial charge in [-0.2, -0.15) is 4.31 Å². The average molecular weight is 386 g/mol. The highest BCUT2D eigenvalue weighted by Gasteiger charge is 2.32. The van der Waals surface area contributed by atoms with E-state index in [-0.39, 0.29) is 35.2 Å². The van der Waals surface area contributed by atoms with Crippen molar-refractivity contribution in [1.29, 1.82) is 0 Å². The lowest BCUT2D eigenvalue weighted by atomic mass is 9.89. The van der Waals surface area contributed by atoms with Gasteiger partial charge in [-0.3, -0.25) is 4.79 Å². The molecule has 1 aliphatic rings. The molecule has 1 saturated heterocycles. The molecule has 27 heavy (non-hydrogen) atoms. The molecule has 7 heteroatoms.